The van der Waals surface area contributed by atoms with E-state index in [9.17, 15) is 30.3 Å². The number of aromatic hydroxyl groups is 1. The molecule has 1 aliphatic heterocycles. The first kappa shape index (κ1) is 25.5. The molecule has 0 amide bonds. The molecule has 1 aliphatic rings. The van der Waals surface area contributed by atoms with Crippen LogP contribution in [0.5, 0.6) is 28.7 Å². The molecule has 194 valence electrons. The minimum Gasteiger partial charge on any atom is -0.501 e. The average molecular weight is 506 g/mol. The summed E-state index contributed by atoms with van der Waals surface area (Å²) in [6, 6.07) is 7.89. The number of hydrogen-bond donors (Lipinski definition) is 5. The highest BCUT2D eigenvalue weighted by Crippen LogP contribution is 2.50. The minimum atomic E-state index is -1.78. The van der Waals surface area contributed by atoms with Crippen molar-refractivity contribution in [1.82, 2.24) is 0 Å². The second kappa shape index (κ2) is 10.2. The average Bonchev–Trinajstić information content (AvgIpc) is 2.88. The molecule has 0 bridgehead atoms. The van der Waals surface area contributed by atoms with Crippen LogP contribution < -0.4 is 24.4 Å². The quantitative estimate of drug-likeness (QED) is 0.298. The lowest BCUT2D eigenvalue weighted by Gasteiger charge is -2.39. The number of hydrogen-bond acceptors (Lipinski definition) is 12. The zero-order valence-electron chi connectivity index (χ0n) is 19.6. The molecule has 0 spiro atoms. The zero-order valence-corrected chi connectivity index (χ0v) is 19.6. The van der Waals surface area contributed by atoms with E-state index >= 15 is 0 Å². The SMILES string of the molecule is COc1ccc(-c2cc(=O)c3c(O[C@@H]4OC(CO)[C@@H](O)[C@H](O)C4O)c(OC)c(O)c(OC)c3o2)cc1. The highest BCUT2D eigenvalue weighted by Gasteiger charge is 2.45. The summed E-state index contributed by atoms with van der Waals surface area (Å²) in [5, 5.41) is 50.7. The Bertz CT molecular complexity index is 1280. The zero-order chi connectivity index (χ0) is 26.1. The maximum absolute atomic E-state index is 13.3. The molecule has 0 saturated carbocycles. The van der Waals surface area contributed by atoms with Crippen LogP contribution in [0.3, 0.4) is 0 Å². The van der Waals surface area contributed by atoms with Gasteiger partial charge in [-0.25, -0.2) is 0 Å². The summed E-state index contributed by atoms with van der Waals surface area (Å²) in [4.78, 5) is 13.3. The lowest BCUT2D eigenvalue weighted by Crippen LogP contribution is -2.60. The van der Waals surface area contributed by atoms with Gasteiger partial charge in [-0.3, -0.25) is 4.79 Å². The van der Waals surface area contributed by atoms with E-state index in [0.29, 0.717) is 11.3 Å². The Morgan fingerprint density at radius 1 is 0.889 bits per heavy atom. The van der Waals surface area contributed by atoms with Gasteiger partial charge in [-0.15, -0.1) is 0 Å². The molecule has 2 aromatic carbocycles. The molecule has 4 rings (SSSR count). The fourth-order valence-corrected chi connectivity index (χ4v) is 3.97. The van der Waals surface area contributed by atoms with Crippen molar-refractivity contribution in [3.05, 3.63) is 40.6 Å². The van der Waals surface area contributed by atoms with Crippen LogP contribution in [-0.2, 0) is 4.74 Å². The number of fused-ring (bicyclic) bond motifs is 1. The van der Waals surface area contributed by atoms with Crippen molar-refractivity contribution in [2.24, 2.45) is 0 Å². The van der Waals surface area contributed by atoms with Crippen molar-refractivity contribution in [2.45, 2.75) is 30.7 Å². The van der Waals surface area contributed by atoms with Gasteiger partial charge in [-0.1, -0.05) is 0 Å². The van der Waals surface area contributed by atoms with E-state index in [1.54, 1.807) is 24.3 Å². The molecule has 36 heavy (non-hydrogen) atoms. The van der Waals surface area contributed by atoms with E-state index in [-0.39, 0.29) is 34.0 Å². The van der Waals surface area contributed by atoms with Gasteiger partial charge in [0.1, 0.15) is 41.3 Å². The van der Waals surface area contributed by atoms with Gasteiger partial charge in [-0.2, -0.15) is 0 Å². The molecule has 12 nitrogen and oxygen atoms in total. The number of ether oxygens (including phenoxy) is 5. The van der Waals surface area contributed by atoms with E-state index in [2.05, 4.69) is 0 Å². The molecule has 12 heteroatoms. The highest BCUT2D eigenvalue weighted by atomic mass is 16.7. The van der Waals surface area contributed by atoms with Crippen molar-refractivity contribution in [2.75, 3.05) is 27.9 Å². The fourth-order valence-electron chi connectivity index (χ4n) is 3.97. The normalized spacial score (nSPS) is 23.9. The molecule has 2 unspecified atom stereocenters. The highest BCUT2D eigenvalue weighted by molar-refractivity contribution is 5.95. The molecule has 0 aliphatic carbocycles. The molecule has 5 N–H and O–H groups in total. The number of rotatable bonds is 7. The van der Waals surface area contributed by atoms with E-state index in [0.717, 1.165) is 0 Å². The molecule has 0 radical (unpaired) electrons. The number of phenolic OH excluding ortho intramolecular Hbond substituents is 1. The number of methoxy groups -OCH3 is 3. The van der Waals surface area contributed by atoms with Crippen LogP contribution >= 0.6 is 0 Å². The standard InChI is InChI=1S/C24H26O12/c1-31-11-6-4-10(5-7-11)13-8-12(26)15-20(34-13)22(32-2)19(30)23(33-3)21(15)36-24-18(29)17(28)16(27)14(9-25)35-24/h4-8,14,16-18,24-25,27-30H,9H2,1-3H3/t14?,16-,17+,18?,24+/m1/s1. The van der Waals surface area contributed by atoms with Crippen molar-refractivity contribution in [3.8, 4) is 40.1 Å². The van der Waals surface area contributed by atoms with Gasteiger partial charge >= 0.3 is 0 Å². The summed E-state index contributed by atoms with van der Waals surface area (Å²) in [5.74, 6) is -0.738. The topological polar surface area (TPSA) is 178 Å². The van der Waals surface area contributed by atoms with E-state index in [1.807, 2.05) is 0 Å². The third-order valence-electron chi connectivity index (χ3n) is 5.88. The first-order valence-corrected chi connectivity index (χ1v) is 10.8. The van der Waals surface area contributed by atoms with E-state index in [1.165, 1.54) is 27.4 Å². The van der Waals surface area contributed by atoms with Crippen LogP contribution in [0, 0.1) is 0 Å². The summed E-state index contributed by atoms with van der Waals surface area (Å²) in [5.41, 5.74) is -0.268. The second-order valence-corrected chi connectivity index (χ2v) is 7.97. The Hall–Kier alpha value is -3.55. The van der Waals surface area contributed by atoms with Crippen LogP contribution in [0.25, 0.3) is 22.3 Å². The summed E-state index contributed by atoms with van der Waals surface area (Å²) < 4.78 is 32.7. The van der Waals surface area contributed by atoms with Crippen LogP contribution in [-0.4, -0.2) is 84.2 Å². The van der Waals surface area contributed by atoms with Gasteiger partial charge < -0.3 is 53.6 Å². The van der Waals surface area contributed by atoms with E-state index < -0.39 is 48.5 Å². The Balaban J connectivity index is 1.90. The number of aliphatic hydroxyl groups is 4. The molecular weight excluding hydrogens is 480 g/mol. The van der Waals surface area contributed by atoms with Crippen LogP contribution in [0.4, 0.5) is 0 Å². The first-order chi connectivity index (χ1) is 17.2. The van der Waals surface area contributed by atoms with Gasteiger partial charge in [0.15, 0.2) is 16.8 Å². The molecule has 1 fully saturated rings. The minimum absolute atomic E-state index is 0.150. The Morgan fingerprint density at radius 3 is 2.14 bits per heavy atom. The van der Waals surface area contributed by atoms with Gasteiger partial charge in [0.2, 0.25) is 23.5 Å². The maximum atomic E-state index is 13.3. The lowest BCUT2D eigenvalue weighted by atomic mass is 9.99. The summed E-state index contributed by atoms with van der Waals surface area (Å²) in [6.07, 6.45) is -8.06. The molecule has 1 aromatic heterocycles. The monoisotopic (exact) mass is 506 g/mol. The molecule has 3 aromatic rings. The Morgan fingerprint density at radius 2 is 1.56 bits per heavy atom. The smallest absolute Gasteiger partial charge is 0.229 e. The summed E-state index contributed by atoms with van der Waals surface area (Å²) in [6.45, 7) is -0.691. The van der Waals surface area contributed by atoms with Crippen molar-refractivity contribution in [1.29, 1.82) is 0 Å². The predicted molar refractivity (Wildman–Crippen MR) is 124 cm³/mol. The van der Waals surface area contributed by atoms with Crippen LogP contribution in [0.15, 0.2) is 39.5 Å². The maximum Gasteiger partial charge on any atom is 0.229 e. The van der Waals surface area contributed by atoms with Gasteiger partial charge in [0.05, 0.1) is 27.9 Å². The van der Waals surface area contributed by atoms with Gasteiger partial charge in [0.25, 0.3) is 0 Å². The van der Waals surface area contributed by atoms with Gasteiger partial charge in [0, 0.05) is 11.6 Å². The Kier molecular flexibility index (Phi) is 7.24. The fraction of sp³-hybridized carbons (Fsp3) is 0.375. The molecule has 5 atom stereocenters. The molecular formula is C24H26O12. The first-order valence-electron chi connectivity index (χ1n) is 10.8. The second-order valence-electron chi connectivity index (χ2n) is 7.97. The predicted octanol–water partition coefficient (Wildman–Crippen LogP) is 0.370. The van der Waals surface area contributed by atoms with Gasteiger partial charge in [-0.05, 0) is 24.3 Å². The van der Waals surface area contributed by atoms with Crippen LogP contribution in [0.1, 0.15) is 0 Å². The summed E-state index contributed by atoms with van der Waals surface area (Å²) >= 11 is 0. The molecule has 2 heterocycles. The number of phenols is 1. The Labute approximate surface area is 204 Å². The molecule has 1 saturated heterocycles. The van der Waals surface area contributed by atoms with Crippen molar-refractivity contribution < 1.29 is 53.6 Å². The third-order valence-corrected chi connectivity index (χ3v) is 5.88. The van der Waals surface area contributed by atoms with Crippen molar-refractivity contribution in [3.63, 3.8) is 0 Å². The van der Waals surface area contributed by atoms with Crippen LogP contribution in [0.2, 0.25) is 0 Å². The van der Waals surface area contributed by atoms with E-state index in [4.69, 9.17) is 28.1 Å². The largest absolute Gasteiger partial charge is 0.501 e. The third kappa shape index (κ3) is 4.29. The van der Waals surface area contributed by atoms with Crippen molar-refractivity contribution >= 4 is 11.0 Å². The number of aliphatic hydroxyl groups excluding tert-OH is 4. The number of benzene rings is 2. The summed E-state index contributed by atoms with van der Waals surface area (Å²) in [7, 11) is 3.98. The lowest BCUT2D eigenvalue weighted by molar-refractivity contribution is -0.277.